The molecule has 0 amide bonds. The largest absolute Gasteiger partial charge is 0.327 e. The number of nitrogens with two attached hydrogens (primary N) is 1. The molecule has 52 valence electrons. The first-order valence-corrected chi connectivity index (χ1v) is 4.13. The molecular formula is C8H15N. The molecular weight excluding hydrogens is 110 g/mol. The Hall–Kier alpha value is -0.0400. The first-order valence-electron chi connectivity index (χ1n) is 4.13. The van der Waals surface area contributed by atoms with Gasteiger partial charge < -0.3 is 5.73 Å². The van der Waals surface area contributed by atoms with Crippen LogP contribution in [0.4, 0.5) is 0 Å². The molecule has 1 unspecified atom stereocenters. The van der Waals surface area contributed by atoms with Crippen LogP contribution in [-0.4, -0.2) is 6.04 Å². The molecule has 2 fully saturated rings. The van der Waals surface area contributed by atoms with Gasteiger partial charge in [0.1, 0.15) is 0 Å². The standard InChI is InChI=1S/C8H15N/c9-8-5-4-6-2-1-3-7(6)8/h6-8H,1-5,9H2/t6-,7+,8?/m1/s1. The van der Waals surface area contributed by atoms with E-state index in [1.54, 1.807) is 0 Å². The lowest BCUT2D eigenvalue weighted by molar-refractivity contribution is 0.421. The SMILES string of the molecule is NC1CC[C@H]2CCC[C@H]12. The Morgan fingerprint density at radius 2 is 1.89 bits per heavy atom. The topological polar surface area (TPSA) is 26.0 Å². The maximum absolute atomic E-state index is 5.92. The Kier molecular flexibility index (Phi) is 1.26. The van der Waals surface area contributed by atoms with Crippen LogP contribution >= 0.6 is 0 Å². The van der Waals surface area contributed by atoms with Gasteiger partial charge in [-0.2, -0.15) is 0 Å². The van der Waals surface area contributed by atoms with Crippen molar-refractivity contribution < 1.29 is 0 Å². The molecule has 9 heavy (non-hydrogen) atoms. The Morgan fingerprint density at radius 1 is 1.00 bits per heavy atom. The lowest BCUT2D eigenvalue weighted by Crippen LogP contribution is -2.24. The molecule has 0 aliphatic heterocycles. The van der Waals surface area contributed by atoms with E-state index in [9.17, 15) is 0 Å². The summed E-state index contributed by atoms with van der Waals surface area (Å²) in [5.41, 5.74) is 5.92. The highest BCUT2D eigenvalue weighted by atomic mass is 14.7. The van der Waals surface area contributed by atoms with Gasteiger partial charge in [0.05, 0.1) is 0 Å². The van der Waals surface area contributed by atoms with Crippen LogP contribution in [0.3, 0.4) is 0 Å². The highest BCUT2D eigenvalue weighted by Crippen LogP contribution is 2.42. The molecule has 1 heteroatoms. The number of fused-ring (bicyclic) bond motifs is 1. The summed E-state index contributed by atoms with van der Waals surface area (Å²) in [5, 5.41) is 0. The Labute approximate surface area is 56.6 Å². The van der Waals surface area contributed by atoms with E-state index in [0.717, 1.165) is 11.8 Å². The summed E-state index contributed by atoms with van der Waals surface area (Å²) in [6, 6.07) is 0.567. The van der Waals surface area contributed by atoms with Crippen molar-refractivity contribution in [1.82, 2.24) is 0 Å². The van der Waals surface area contributed by atoms with E-state index in [0.29, 0.717) is 6.04 Å². The highest BCUT2D eigenvalue weighted by Gasteiger charge is 2.36. The van der Waals surface area contributed by atoms with E-state index in [-0.39, 0.29) is 0 Å². The molecule has 2 saturated carbocycles. The molecule has 2 aliphatic carbocycles. The molecule has 0 radical (unpaired) electrons. The molecule has 0 aromatic carbocycles. The van der Waals surface area contributed by atoms with Crippen LogP contribution in [0.15, 0.2) is 0 Å². The Balaban J connectivity index is 2.07. The predicted molar refractivity (Wildman–Crippen MR) is 38.0 cm³/mol. The van der Waals surface area contributed by atoms with Gasteiger partial charge in [0.15, 0.2) is 0 Å². The normalized spacial score (nSPS) is 49.7. The molecule has 1 nitrogen and oxygen atoms in total. The van der Waals surface area contributed by atoms with Crippen LogP contribution in [0.25, 0.3) is 0 Å². The van der Waals surface area contributed by atoms with Gasteiger partial charge in [0.25, 0.3) is 0 Å². The number of hydrogen-bond acceptors (Lipinski definition) is 1. The molecule has 0 heterocycles. The smallest absolute Gasteiger partial charge is 0.00699 e. The first-order chi connectivity index (χ1) is 4.38. The Morgan fingerprint density at radius 3 is 2.67 bits per heavy atom. The van der Waals surface area contributed by atoms with Crippen molar-refractivity contribution in [3.63, 3.8) is 0 Å². The van der Waals surface area contributed by atoms with Crippen LogP contribution in [0.5, 0.6) is 0 Å². The van der Waals surface area contributed by atoms with Crippen LogP contribution in [0.2, 0.25) is 0 Å². The zero-order chi connectivity index (χ0) is 6.27. The van der Waals surface area contributed by atoms with E-state index in [2.05, 4.69) is 0 Å². The van der Waals surface area contributed by atoms with Crippen molar-refractivity contribution in [2.45, 2.75) is 38.1 Å². The van der Waals surface area contributed by atoms with Crippen LogP contribution in [0.1, 0.15) is 32.1 Å². The second kappa shape index (κ2) is 1.98. The molecule has 2 aliphatic rings. The van der Waals surface area contributed by atoms with Crippen LogP contribution in [-0.2, 0) is 0 Å². The zero-order valence-corrected chi connectivity index (χ0v) is 5.84. The van der Waals surface area contributed by atoms with Crippen LogP contribution in [0, 0.1) is 11.8 Å². The van der Waals surface area contributed by atoms with Gasteiger partial charge in [0, 0.05) is 6.04 Å². The average molecular weight is 125 g/mol. The number of hydrogen-bond donors (Lipinski definition) is 1. The highest BCUT2D eigenvalue weighted by molar-refractivity contribution is 4.91. The van der Waals surface area contributed by atoms with Gasteiger partial charge >= 0.3 is 0 Å². The van der Waals surface area contributed by atoms with Gasteiger partial charge in [-0.05, 0) is 31.1 Å². The van der Waals surface area contributed by atoms with E-state index in [1.165, 1.54) is 32.1 Å². The quantitative estimate of drug-likeness (QED) is 0.522. The lowest BCUT2D eigenvalue weighted by atomic mass is 9.98. The zero-order valence-electron chi connectivity index (χ0n) is 5.84. The summed E-state index contributed by atoms with van der Waals surface area (Å²) in [4.78, 5) is 0. The third kappa shape index (κ3) is 0.787. The van der Waals surface area contributed by atoms with Gasteiger partial charge in [-0.3, -0.25) is 0 Å². The van der Waals surface area contributed by atoms with Gasteiger partial charge in [-0.25, -0.2) is 0 Å². The molecule has 0 aromatic rings. The van der Waals surface area contributed by atoms with Crippen molar-refractivity contribution in [2.75, 3.05) is 0 Å². The van der Waals surface area contributed by atoms with E-state index < -0.39 is 0 Å². The predicted octanol–water partition coefficient (Wildman–Crippen LogP) is 1.52. The minimum absolute atomic E-state index is 0.567. The van der Waals surface area contributed by atoms with Crippen LogP contribution < -0.4 is 5.73 Å². The molecule has 0 saturated heterocycles. The van der Waals surface area contributed by atoms with Gasteiger partial charge in [0.2, 0.25) is 0 Å². The summed E-state index contributed by atoms with van der Waals surface area (Å²) in [7, 11) is 0. The second-order valence-electron chi connectivity index (χ2n) is 3.60. The molecule has 0 aromatic heterocycles. The second-order valence-corrected chi connectivity index (χ2v) is 3.60. The summed E-state index contributed by atoms with van der Waals surface area (Å²) in [6.07, 6.45) is 7.06. The van der Waals surface area contributed by atoms with Gasteiger partial charge in [-0.15, -0.1) is 0 Å². The monoisotopic (exact) mass is 125 g/mol. The van der Waals surface area contributed by atoms with Crippen molar-refractivity contribution in [2.24, 2.45) is 17.6 Å². The lowest BCUT2D eigenvalue weighted by Gasteiger charge is -2.11. The maximum atomic E-state index is 5.92. The van der Waals surface area contributed by atoms with Gasteiger partial charge in [-0.1, -0.05) is 12.8 Å². The van der Waals surface area contributed by atoms with Crippen molar-refractivity contribution >= 4 is 0 Å². The fraction of sp³-hybridized carbons (Fsp3) is 1.00. The minimum atomic E-state index is 0.567. The van der Waals surface area contributed by atoms with Crippen molar-refractivity contribution in [1.29, 1.82) is 0 Å². The summed E-state index contributed by atoms with van der Waals surface area (Å²) in [6.45, 7) is 0. The molecule has 3 atom stereocenters. The van der Waals surface area contributed by atoms with E-state index in [1.807, 2.05) is 0 Å². The van der Waals surface area contributed by atoms with E-state index >= 15 is 0 Å². The van der Waals surface area contributed by atoms with Crippen molar-refractivity contribution in [3.05, 3.63) is 0 Å². The molecule has 2 rings (SSSR count). The minimum Gasteiger partial charge on any atom is -0.327 e. The maximum Gasteiger partial charge on any atom is 0.00699 e. The number of rotatable bonds is 0. The summed E-state index contributed by atoms with van der Waals surface area (Å²) >= 11 is 0. The first kappa shape index (κ1) is 5.72. The fourth-order valence-electron chi connectivity index (χ4n) is 2.61. The summed E-state index contributed by atoms with van der Waals surface area (Å²) < 4.78 is 0. The third-order valence-corrected chi connectivity index (χ3v) is 3.14. The average Bonchev–Trinajstić information content (AvgIpc) is 2.35. The van der Waals surface area contributed by atoms with Crippen molar-refractivity contribution in [3.8, 4) is 0 Å². The fourth-order valence-corrected chi connectivity index (χ4v) is 2.61. The Bertz CT molecular complexity index is 111. The third-order valence-electron chi connectivity index (χ3n) is 3.14. The summed E-state index contributed by atoms with van der Waals surface area (Å²) in [5.74, 6) is 1.95. The molecule has 2 N–H and O–H groups in total. The molecule has 0 bridgehead atoms. The molecule has 0 spiro atoms. The van der Waals surface area contributed by atoms with E-state index in [4.69, 9.17) is 5.73 Å².